The number of nitrogens with zero attached hydrogens (tertiary/aromatic N) is 2. The maximum Gasteiger partial charge on any atom is 0.256 e. The number of piperidine rings is 1. The van der Waals surface area contributed by atoms with E-state index in [-0.39, 0.29) is 11.8 Å². The molecular weight excluding hydrogens is 382 g/mol. The standard InChI is InChI=1S/C20H22ClN3O2S/c1-27-19-17(3-2-10-22-19)20(26)24-11-8-14(9-12-24)13-23-18(25)15-4-6-16(21)7-5-15/h2-7,10,14H,8-9,11-13H2,1H3,(H,23,25). The van der Waals surface area contributed by atoms with Crippen LogP contribution in [0.1, 0.15) is 33.6 Å². The molecule has 1 aromatic heterocycles. The summed E-state index contributed by atoms with van der Waals surface area (Å²) in [4.78, 5) is 31.1. The van der Waals surface area contributed by atoms with Gasteiger partial charge < -0.3 is 10.2 Å². The first-order valence-corrected chi connectivity index (χ1v) is 10.5. The first-order valence-electron chi connectivity index (χ1n) is 8.90. The quantitative estimate of drug-likeness (QED) is 0.772. The van der Waals surface area contributed by atoms with Crippen LogP contribution in [0.15, 0.2) is 47.6 Å². The van der Waals surface area contributed by atoms with Gasteiger partial charge in [0.25, 0.3) is 11.8 Å². The van der Waals surface area contributed by atoms with E-state index in [1.807, 2.05) is 17.2 Å². The highest BCUT2D eigenvalue weighted by molar-refractivity contribution is 7.98. The zero-order chi connectivity index (χ0) is 19.2. The lowest BCUT2D eigenvalue weighted by Crippen LogP contribution is -2.41. The number of amides is 2. The Labute approximate surface area is 168 Å². The van der Waals surface area contributed by atoms with Gasteiger partial charge in [0, 0.05) is 36.4 Å². The molecule has 1 fully saturated rings. The van der Waals surface area contributed by atoms with Crippen molar-refractivity contribution in [2.75, 3.05) is 25.9 Å². The second-order valence-electron chi connectivity index (χ2n) is 6.51. The smallest absolute Gasteiger partial charge is 0.256 e. The number of rotatable bonds is 5. The number of carbonyl (C=O) groups is 2. The van der Waals surface area contributed by atoms with E-state index in [2.05, 4.69) is 10.3 Å². The summed E-state index contributed by atoms with van der Waals surface area (Å²) in [5, 5.41) is 4.36. The van der Waals surface area contributed by atoms with E-state index < -0.39 is 0 Å². The number of pyridine rings is 1. The topological polar surface area (TPSA) is 62.3 Å². The number of benzene rings is 1. The minimum absolute atomic E-state index is 0.0381. The first-order chi connectivity index (χ1) is 13.1. The van der Waals surface area contributed by atoms with Crippen molar-refractivity contribution in [3.05, 3.63) is 58.7 Å². The second kappa shape index (κ2) is 9.24. The monoisotopic (exact) mass is 403 g/mol. The number of likely N-dealkylation sites (tertiary alicyclic amines) is 1. The summed E-state index contributed by atoms with van der Waals surface area (Å²) in [5.74, 6) is 0.320. The van der Waals surface area contributed by atoms with Crippen molar-refractivity contribution in [1.29, 1.82) is 0 Å². The molecule has 0 unspecified atom stereocenters. The Bertz CT molecular complexity index is 805. The first kappa shape index (κ1) is 19.7. The van der Waals surface area contributed by atoms with Crippen LogP contribution >= 0.6 is 23.4 Å². The molecule has 1 aliphatic rings. The third-order valence-electron chi connectivity index (χ3n) is 4.75. The van der Waals surface area contributed by atoms with E-state index in [1.54, 1.807) is 36.5 Å². The molecule has 0 spiro atoms. The Balaban J connectivity index is 1.49. The van der Waals surface area contributed by atoms with Crippen LogP contribution in [0, 0.1) is 5.92 Å². The Morgan fingerprint density at radius 3 is 2.59 bits per heavy atom. The molecule has 1 saturated heterocycles. The zero-order valence-corrected chi connectivity index (χ0v) is 16.7. The molecule has 1 N–H and O–H groups in total. The molecule has 1 aliphatic heterocycles. The van der Waals surface area contributed by atoms with Crippen LogP contribution in [0.3, 0.4) is 0 Å². The van der Waals surface area contributed by atoms with Crippen LogP contribution in [0.4, 0.5) is 0 Å². The zero-order valence-electron chi connectivity index (χ0n) is 15.2. The predicted molar refractivity (Wildman–Crippen MR) is 108 cm³/mol. The molecule has 1 aromatic carbocycles. The van der Waals surface area contributed by atoms with Gasteiger partial charge in [-0.3, -0.25) is 9.59 Å². The SMILES string of the molecule is CSc1ncccc1C(=O)N1CCC(CNC(=O)c2ccc(Cl)cc2)CC1. The fourth-order valence-corrected chi connectivity index (χ4v) is 3.83. The summed E-state index contributed by atoms with van der Waals surface area (Å²) in [6, 6.07) is 10.5. The number of aromatic nitrogens is 1. The van der Waals surface area contributed by atoms with E-state index >= 15 is 0 Å². The lowest BCUT2D eigenvalue weighted by Gasteiger charge is -2.32. The maximum atomic E-state index is 12.8. The van der Waals surface area contributed by atoms with Crippen molar-refractivity contribution in [2.24, 2.45) is 5.92 Å². The van der Waals surface area contributed by atoms with E-state index in [0.29, 0.717) is 41.7 Å². The molecule has 0 atom stereocenters. The average Bonchev–Trinajstić information content (AvgIpc) is 2.72. The molecule has 142 valence electrons. The molecule has 0 radical (unpaired) electrons. The van der Waals surface area contributed by atoms with Gasteiger partial charge in [0.15, 0.2) is 0 Å². The summed E-state index contributed by atoms with van der Waals surface area (Å²) in [6.45, 7) is 2.01. The highest BCUT2D eigenvalue weighted by Gasteiger charge is 2.25. The van der Waals surface area contributed by atoms with Gasteiger partial charge in [-0.2, -0.15) is 0 Å². The number of hydrogen-bond donors (Lipinski definition) is 1. The number of thioether (sulfide) groups is 1. The van der Waals surface area contributed by atoms with Crippen molar-refractivity contribution in [3.63, 3.8) is 0 Å². The maximum absolute atomic E-state index is 12.8. The lowest BCUT2D eigenvalue weighted by atomic mass is 9.96. The molecule has 5 nitrogen and oxygen atoms in total. The third kappa shape index (κ3) is 5.02. The summed E-state index contributed by atoms with van der Waals surface area (Å²) in [5.41, 5.74) is 1.27. The van der Waals surface area contributed by atoms with Gasteiger partial charge in [-0.15, -0.1) is 11.8 Å². The number of halogens is 1. The minimum Gasteiger partial charge on any atom is -0.352 e. The van der Waals surface area contributed by atoms with Gasteiger partial charge in [0.2, 0.25) is 0 Å². The van der Waals surface area contributed by atoms with Gasteiger partial charge in [-0.25, -0.2) is 4.98 Å². The predicted octanol–water partition coefficient (Wildman–Crippen LogP) is 3.74. The molecule has 2 amide bonds. The highest BCUT2D eigenvalue weighted by Crippen LogP contribution is 2.22. The van der Waals surface area contributed by atoms with Gasteiger partial charge in [-0.1, -0.05) is 11.6 Å². The van der Waals surface area contributed by atoms with Crippen molar-refractivity contribution in [3.8, 4) is 0 Å². The van der Waals surface area contributed by atoms with Crippen molar-refractivity contribution in [1.82, 2.24) is 15.2 Å². The second-order valence-corrected chi connectivity index (χ2v) is 7.74. The Morgan fingerprint density at radius 2 is 1.93 bits per heavy atom. The Hall–Kier alpha value is -2.05. The third-order valence-corrected chi connectivity index (χ3v) is 5.72. The van der Waals surface area contributed by atoms with E-state index in [1.165, 1.54) is 11.8 Å². The van der Waals surface area contributed by atoms with Crippen molar-refractivity contribution in [2.45, 2.75) is 17.9 Å². The van der Waals surface area contributed by atoms with Crippen LogP contribution < -0.4 is 5.32 Å². The molecular formula is C20H22ClN3O2S. The normalized spacial score (nSPS) is 14.8. The Morgan fingerprint density at radius 1 is 1.22 bits per heavy atom. The summed E-state index contributed by atoms with van der Waals surface area (Å²) in [6.07, 6.45) is 5.38. The van der Waals surface area contributed by atoms with E-state index in [4.69, 9.17) is 11.6 Å². The van der Waals surface area contributed by atoms with E-state index in [9.17, 15) is 9.59 Å². The van der Waals surface area contributed by atoms with Crippen molar-refractivity contribution < 1.29 is 9.59 Å². The lowest BCUT2D eigenvalue weighted by molar-refractivity contribution is 0.0680. The highest BCUT2D eigenvalue weighted by atomic mass is 35.5. The fraction of sp³-hybridized carbons (Fsp3) is 0.350. The van der Waals surface area contributed by atoms with Gasteiger partial charge in [-0.05, 0) is 61.4 Å². The van der Waals surface area contributed by atoms with Gasteiger partial charge >= 0.3 is 0 Å². The van der Waals surface area contributed by atoms with Crippen LogP contribution in [0.5, 0.6) is 0 Å². The fourth-order valence-electron chi connectivity index (χ4n) is 3.17. The van der Waals surface area contributed by atoms with Crippen LogP contribution in [0.25, 0.3) is 0 Å². The average molecular weight is 404 g/mol. The summed E-state index contributed by atoms with van der Waals surface area (Å²) in [7, 11) is 0. The minimum atomic E-state index is -0.0925. The van der Waals surface area contributed by atoms with Gasteiger partial charge in [0.1, 0.15) is 5.03 Å². The summed E-state index contributed by atoms with van der Waals surface area (Å²) < 4.78 is 0. The van der Waals surface area contributed by atoms with Crippen LogP contribution in [0.2, 0.25) is 5.02 Å². The van der Waals surface area contributed by atoms with Crippen LogP contribution in [-0.4, -0.2) is 47.6 Å². The molecule has 0 bridgehead atoms. The molecule has 0 aliphatic carbocycles. The molecule has 3 rings (SSSR count). The molecule has 0 saturated carbocycles. The molecule has 27 heavy (non-hydrogen) atoms. The van der Waals surface area contributed by atoms with E-state index in [0.717, 1.165) is 17.9 Å². The molecule has 2 heterocycles. The van der Waals surface area contributed by atoms with Crippen LogP contribution in [-0.2, 0) is 0 Å². The number of carbonyl (C=O) groups excluding carboxylic acids is 2. The molecule has 7 heteroatoms. The molecule has 2 aromatic rings. The number of nitrogens with one attached hydrogen (secondary N) is 1. The summed E-state index contributed by atoms with van der Waals surface area (Å²) >= 11 is 7.33. The Kier molecular flexibility index (Phi) is 6.74. The number of hydrogen-bond acceptors (Lipinski definition) is 4. The largest absolute Gasteiger partial charge is 0.352 e. The van der Waals surface area contributed by atoms with Crippen molar-refractivity contribution >= 4 is 35.2 Å². The van der Waals surface area contributed by atoms with Gasteiger partial charge in [0.05, 0.1) is 5.56 Å².